The molecule has 2 heterocycles. The van der Waals surface area contributed by atoms with Crippen LogP contribution in [0.2, 0.25) is 0 Å². The van der Waals surface area contributed by atoms with Crippen LogP contribution in [-0.2, 0) is 20.0 Å². The fourth-order valence-corrected chi connectivity index (χ4v) is 6.87. The van der Waals surface area contributed by atoms with Gasteiger partial charge in [-0.2, -0.15) is 0 Å². The zero-order chi connectivity index (χ0) is 20.7. The summed E-state index contributed by atoms with van der Waals surface area (Å²) in [5, 5.41) is 7.37. The third-order valence-corrected chi connectivity index (χ3v) is 8.37. The topological polar surface area (TPSA) is 144 Å². The summed E-state index contributed by atoms with van der Waals surface area (Å²) in [7, 11) is -7.49. The summed E-state index contributed by atoms with van der Waals surface area (Å²) in [4.78, 5) is 0.127. The summed E-state index contributed by atoms with van der Waals surface area (Å²) in [6.45, 7) is 6.25. The molecule has 1 aliphatic carbocycles. The van der Waals surface area contributed by atoms with Gasteiger partial charge in [0.25, 0.3) is 0 Å². The molecule has 2 aromatic rings. The summed E-state index contributed by atoms with van der Waals surface area (Å²) in [5.74, 6) is 0.483. The molecule has 0 unspecified atom stereocenters. The van der Waals surface area contributed by atoms with Gasteiger partial charge in [0.2, 0.25) is 20.0 Å². The van der Waals surface area contributed by atoms with Crippen LogP contribution in [-0.4, -0.2) is 39.2 Å². The lowest BCUT2D eigenvalue weighted by atomic mass is 9.92. The Labute approximate surface area is 164 Å². The first-order valence-electron chi connectivity index (χ1n) is 8.91. The largest absolute Gasteiger partial charge is 0.360 e. The summed E-state index contributed by atoms with van der Waals surface area (Å²) in [5.41, 5.74) is 0.622. The van der Waals surface area contributed by atoms with Crippen molar-refractivity contribution in [1.82, 2.24) is 19.8 Å². The summed E-state index contributed by atoms with van der Waals surface area (Å²) in [6.07, 6.45) is 2.05. The monoisotopic (exact) mass is 432 g/mol. The van der Waals surface area contributed by atoms with Crippen molar-refractivity contribution in [3.8, 4) is 0 Å². The molecule has 28 heavy (non-hydrogen) atoms. The van der Waals surface area contributed by atoms with Crippen LogP contribution in [0.4, 0.5) is 0 Å². The maximum Gasteiger partial charge on any atom is 0.246 e. The van der Waals surface area contributed by atoms with E-state index in [1.807, 2.05) is 0 Å². The smallest absolute Gasteiger partial charge is 0.246 e. The van der Waals surface area contributed by atoms with Crippen LogP contribution in [0.25, 0.3) is 0 Å². The third-order valence-electron chi connectivity index (χ3n) is 4.84. The summed E-state index contributed by atoms with van der Waals surface area (Å²) >= 11 is 0. The Kier molecular flexibility index (Phi) is 5.67. The minimum Gasteiger partial charge on any atom is -0.360 e. The number of hydrogen-bond acceptors (Lipinski definition) is 8. The molecule has 0 radical (unpaired) electrons. The molecule has 0 aromatic carbocycles. The molecule has 0 amide bonds. The molecule has 0 spiro atoms. The number of sulfonamides is 2. The lowest BCUT2D eigenvalue weighted by Gasteiger charge is -2.29. The Morgan fingerprint density at radius 1 is 0.714 bits per heavy atom. The van der Waals surface area contributed by atoms with Gasteiger partial charge < -0.3 is 9.05 Å². The van der Waals surface area contributed by atoms with Gasteiger partial charge in [-0.1, -0.05) is 10.3 Å². The van der Waals surface area contributed by atoms with E-state index in [2.05, 4.69) is 19.8 Å². The van der Waals surface area contributed by atoms with Crippen LogP contribution in [0.15, 0.2) is 18.8 Å². The molecular weight excluding hydrogens is 408 g/mol. The predicted octanol–water partition coefficient (Wildman–Crippen LogP) is 1.46. The van der Waals surface area contributed by atoms with Gasteiger partial charge in [-0.25, -0.2) is 26.3 Å². The van der Waals surface area contributed by atoms with E-state index in [4.69, 9.17) is 9.05 Å². The molecule has 2 N–H and O–H groups in total. The van der Waals surface area contributed by atoms with Crippen molar-refractivity contribution in [3.05, 3.63) is 22.9 Å². The first kappa shape index (κ1) is 21.0. The standard InChI is InChI=1S/C16H24N4O6S2/c1-9-15(11(3)25-17-9)27(21,22)19-13-5-7-14(8-6-13)20-28(23,24)16-10(2)18-26-12(16)4/h13-14,19-20H,5-8H2,1-4H3. The highest BCUT2D eigenvalue weighted by atomic mass is 32.2. The maximum absolute atomic E-state index is 12.6. The first-order valence-corrected chi connectivity index (χ1v) is 11.9. The highest BCUT2D eigenvalue weighted by molar-refractivity contribution is 7.90. The van der Waals surface area contributed by atoms with E-state index >= 15 is 0 Å². The van der Waals surface area contributed by atoms with E-state index in [0.717, 1.165) is 0 Å². The van der Waals surface area contributed by atoms with Crippen LogP contribution >= 0.6 is 0 Å². The van der Waals surface area contributed by atoms with Crippen LogP contribution in [0, 0.1) is 27.7 Å². The molecular formula is C16H24N4O6S2. The van der Waals surface area contributed by atoms with Crippen LogP contribution in [0.5, 0.6) is 0 Å². The lowest BCUT2D eigenvalue weighted by molar-refractivity contribution is 0.355. The molecule has 10 nitrogen and oxygen atoms in total. The lowest BCUT2D eigenvalue weighted by Crippen LogP contribution is -2.44. The molecule has 3 rings (SSSR count). The van der Waals surface area contributed by atoms with E-state index in [-0.39, 0.29) is 33.4 Å². The fraction of sp³-hybridized carbons (Fsp3) is 0.625. The molecule has 156 valence electrons. The second-order valence-corrected chi connectivity index (χ2v) is 10.4. The summed E-state index contributed by atoms with van der Waals surface area (Å²) < 4.78 is 65.6. The van der Waals surface area contributed by atoms with Gasteiger partial charge in [0.05, 0.1) is 0 Å². The van der Waals surface area contributed by atoms with Crippen molar-refractivity contribution in [3.63, 3.8) is 0 Å². The number of aryl methyl sites for hydroxylation is 4. The van der Waals surface area contributed by atoms with E-state index < -0.39 is 20.0 Å². The quantitative estimate of drug-likeness (QED) is 0.698. The zero-order valence-corrected chi connectivity index (χ0v) is 17.8. The highest BCUT2D eigenvalue weighted by Crippen LogP contribution is 2.26. The van der Waals surface area contributed by atoms with Crippen LogP contribution in [0.3, 0.4) is 0 Å². The Balaban J connectivity index is 1.62. The van der Waals surface area contributed by atoms with Crippen molar-refractivity contribution < 1.29 is 25.9 Å². The molecule has 1 fully saturated rings. The van der Waals surface area contributed by atoms with E-state index in [0.29, 0.717) is 37.1 Å². The Bertz CT molecular complexity index is 938. The van der Waals surface area contributed by atoms with Gasteiger partial charge in [-0.05, 0) is 53.4 Å². The van der Waals surface area contributed by atoms with Gasteiger partial charge >= 0.3 is 0 Å². The Hall–Kier alpha value is -1.76. The predicted molar refractivity (Wildman–Crippen MR) is 98.6 cm³/mol. The molecule has 1 saturated carbocycles. The van der Waals surface area contributed by atoms with Gasteiger partial charge in [-0.3, -0.25) is 0 Å². The summed E-state index contributed by atoms with van der Waals surface area (Å²) in [6, 6.07) is -0.558. The average molecular weight is 433 g/mol. The molecule has 0 atom stereocenters. The molecule has 0 bridgehead atoms. The van der Waals surface area contributed by atoms with Crippen molar-refractivity contribution in [1.29, 1.82) is 0 Å². The molecule has 2 aromatic heterocycles. The van der Waals surface area contributed by atoms with Crippen molar-refractivity contribution in [2.45, 2.75) is 75.3 Å². The van der Waals surface area contributed by atoms with Gasteiger partial charge in [0.15, 0.2) is 11.5 Å². The van der Waals surface area contributed by atoms with Gasteiger partial charge in [0.1, 0.15) is 21.2 Å². The van der Waals surface area contributed by atoms with Crippen LogP contribution in [0.1, 0.15) is 48.6 Å². The van der Waals surface area contributed by atoms with E-state index in [9.17, 15) is 16.8 Å². The number of hydrogen-bond donors (Lipinski definition) is 2. The molecule has 1 aliphatic rings. The van der Waals surface area contributed by atoms with E-state index in [1.165, 1.54) is 0 Å². The minimum atomic E-state index is -3.74. The molecule has 12 heteroatoms. The second-order valence-electron chi connectivity index (χ2n) is 7.10. The Morgan fingerprint density at radius 2 is 1.04 bits per heavy atom. The third kappa shape index (κ3) is 4.14. The zero-order valence-electron chi connectivity index (χ0n) is 16.1. The van der Waals surface area contributed by atoms with Crippen LogP contribution < -0.4 is 9.44 Å². The molecule has 0 saturated heterocycles. The van der Waals surface area contributed by atoms with Gasteiger partial charge in [-0.15, -0.1) is 0 Å². The van der Waals surface area contributed by atoms with Crippen molar-refractivity contribution >= 4 is 20.0 Å². The normalized spacial score (nSPS) is 21.1. The fourth-order valence-electron chi connectivity index (χ4n) is 3.60. The number of aromatic nitrogens is 2. The minimum absolute atomic E-state index is 0.0636. The molecule has 0 aliphatic heterocycles. The number of nitrogens with one attached hydrogen (secondary N) is 2. The average Bonchev–Trinajstić information content (AvgIpc) is 3.11. The maximum atomic E-state index is 12.6. The van der Waals surface area contributed by atoms with Crippen molar-refractivity contribution in [2.24, 2.45) is 0 Å². The SMILES string of the molecule is Cc1noc(C)c1S(=O)(=O)NC1CCC(NS(=O)(=O)c2c(C)noc2C)CC1. The van der Waals surface area contributed by atoms with Gasteiger partial charge in [0, 0.05) is 12.1 Å². The number of rotatable bonds is 6. The number of nitrogens with zero attached hydrogens (tertiary/aromatic N) is 2. The highest BCUT2D eigenvalue weighted by Gasteiger charge is 2.32. The first-order chi connectivity index (χ1) is 13.0. The van der Waals surface area contributed by atoms with Crippen molar-refractivity contribution in [2.75, 3.05) is 0 Å². The van der Waals surface area contributed by atoms with E-state index in [1.54, 1.807) is 27.7 Å². The second kappa shape index (κ2) is 7.58. The Morgan fingerprint density at radius 3 is 1.29 bits per heavy atom.